The molecule has 84 valence electrons. The van der Waals surface area contributed by atoms with E-state index >= 15 is 0 Å². The number of aryl methyl sites for hydroxylation is 1. The topological polar surface area (TPSA) is 72.2 Å². The monoisotopic (exact) mass is 228 g/mol. The van der Waals surface area contributed by atoms with Crippen LogP contribution in [0.4, 0.5) is 5.69 Å². The minimum atomic E-state index is -3.23. The van der Waals surface area contributed by atoms with Crippen molar-refractivity contribution in [3.05, 3.63) is 29.3 Å². The number of sulfonamides is 1. The van der Waals surface area contributed by atoms with Gasteiger partial charge in [-0.25, -0.2) is 8.42 Å². The highest BCUT2D eigenvalue weighted by molar-refractivity contribution is 7.92. The lowest BCUT2D eigenvalue weighted by molar-refractivity contribution is 0.606. The molecule has 0 unspecified atom stereocenters. The molecule has 0 aliphatic heterocycles. The lowest BCUT2D eigenvalue weighted by Gasteiger charge is -2.12. The minimum Gasteiger partial charge on any atom is -0.330 e. The molecule has 1 aromatic rings. The number of benzene rings is 1. The smallest absolute Gasteiger partial charge is 0.229 e. The van der Waals surface area contributed by atoms with Crippen LogP contribution in [0.5, 0.6) is 0 Å². The highest BCUT2D eigenvalue weighted by Crippen LogP contribution is 2.20. The Labute approximate surface area is 90.5 Å². The van der Waals surface area contributed by atoms with Crippen molar-refractivity contribution < 1.29 is 8.42 Å². The third kappa shape index (κ3) is 3.53. The summed E-state index contributed by atoms with van der Waals surface area (Å²) in [7, 11) is -3.23. The second kappa shape index (κ2) is 4.63. The normalized spacial score (nSPS) is 11.4. The summed E-state index contributed by atoms with van der Waals surface area (Å²) >= 11 is 0. The summed E-state index contributed by atoms with van der Waals surface area (Å²) in [4.78, 5) is 0. The fourth-order valence-electron chi connectivity index (χ4n) is 1.47. The van der Waals surface area contributed by atoms with Gasteiger partial charge in [-0.2, -0.15) is 0 Å². The van der Waals surface area contributed by atoms with Gasteiger partial charge in [0.1, 0.15) is 0 Å². The van der Waals surface area contributed by atoms with Crippen LogP contribution in [0, 0.1) is 6.92 Å². The molecule has 1 aromatic carbocycles. The van der Waals surface area contributed by atoms with E-state index in [0.29, 0.717) is 18.7 Å². The summed E-state index contributed by atoms with van der Waals surface area (Å²) in [6, 6.07) is 5.51. The Kier molecular flexibility index (Phi) is 3.71. The Bertz CT molecular complexity index is 441. The minimum absolute atomic E-state index is 0.503. The second-order valence-corrected chi connectivity index (χ2v) is 5.26. The SMILES string of the molecule is Cc1cccc(NS(C)(=O)=O)c1CCN. The van der Waals surface area contributed by atoms with E-state index in [4.69, 9.17) is 5.73 Å². The largest absolute Gasteiger partial charge is 0.330 e. The van der Waals surface area contributed by atoms with Crippen molar-refractivity contribution in [2.45, 2.75) is 13.3 Å². The van der Waals surface area contributed by atoms with Gasteiger partial charge in [0, 0.05) is 0 Å². The van der Waals surface area contributed by atoms with Gasteiger partial charge in [-0.05, 0) is 37.1 Å². The highest BCUT2D eigenvalue weighted by Gasteiger charge is 2.08. The van der Waals surface area contributed by atoms with E-state index in [1.54, 1.807) is 6.07 Å². The molecule has 4 nitrogen and oxygen atoms in total. The van der Waals surface area contributed by atoms with Crippen LogP contribution in [0.15, 0.2) is 18.2 Å². The van der Waals surface area contributed by atoms with E-state index in [0.717, 1.165) is 17.4 Å². The number of hydrogen-bond acceptors (Lipinski definition) is 3. The van der Waals surface area contributed by atoms with Crippen molar-refractivity contribution >= 4 is 15.7 Å². The van der Waals surface area contributed by atoms with Gasteiger partial charge in [0.15, 0.2) is 0 Å². The number of nitrogens with two attached hydrogens (primary N) is 1. The number of rotatable bonds is 4. The van der Waals surface area contributed by atoms with Gasteiger partial charge in [-0.3, -0.25) is 4.72 Å². The fourth-order valence-corrected chi connectivity index (χ4v) is 2.06. The Morgan fingerprint density at radius 3 is 2.60 bits per heavy atom. The molecule has 0 heterocycles. The zero-order valence-electron chi connectivity index (χ0n) is 8.95. The third-order valence-corrected chi connectivity index (χ3v) is 2.69. The van der Waals surface area contributed by atoms with E-state index in [2.05, 4.69) is 4.72 Å². The standard InChI is InChI=1S/C10H16N2O2S/c1-8-4-3-5-10(9(8)6-7-11)12-15(2,13)14/h3-5,12H,6-7,11H2,1-2H3. The van der Waals surface area contributed by atoms with Crippen molar-refractivity contribution in [2.24, 2.45) is 5.73 Å². The van der Waals surface area contributed by atoms with Crippen LogP contribution in [0.1, 0.15) is 11.1 Å². The van der Waals surface area contributed by atoms with Gasteiger partial charge >= 0.3 is 0 Å². The quantitative estimate of drug-likeness (QED) is 0.803. The first-order valence-electron chi connectivity index (χ1n) is 4.70. The van der Waals surface area contributed by atoms with E-state index in [1.165, 1.54) is 0 Å². The Balaban J connectivity index is 3.11. The molecule has 0 aliphatic carbocycles. The molecule has 0 aliphatic rings. The summed E-state index contributed by atoms with van der Waals surface area (Å²) in [6.45, 7) is 2.45. The molecule has 0 saturated heterocycles. The van der Waals surface area contributed by atoms with Gasteiger partial charge in [-0.15, -0.1) is 0 Å². The van der Waals surface area contributed by atoms with Gasteiger partial charge in [0.2, 0.25) is 10.0 Å². The van der Waals surface area contributed by atoms with Gasteiger partial charge in [0.05, 0.1) is 11.9 Å². The van der Waals surface area contributed by atoms with Crippen LogP contribution in [0.25, 0.3) is 0 Å². The van der Waals surface area contributed by atoms with Crippen LogP contribution in [-0.2, 0) is 16.4 Å². The molecule has 5 heteroatoms. The molecule has 0 spiro atoms. The van der Waals surface area contributed by atoms with Crippen molar-refractivity contribution in [3.8, 4) is 0 Å². The molecule has 3 N–H and O–H groups in total. The van der Waals surface area contributed by atoms with Gasteiger partial charge in [0.25, 0.3) is 0 Å². The first-order valence-corrected chi connectivity index (χ1v) is 6.59. The molecule has 1 rings (SSSR count). The fraction of sp³-hybridized carbons (Fsp3) is 0.400. The van der Waals surface area contributed by atoms with E-state index in [-0.39, 0.29) is 0 Å². The lowest BCUT2D eigenvalue weighted by Crippen LogP contribution is -2.13. The average molecular weight is 228 g/mol. The molecule has 0 saturated carbocycles. The van der Waals surface area contributed by atoms with Crippen LogP contribution in [0.2, 0.25) is 0 Å². The maximum atomic E-state index is 11.1. The molecule has 0 atom stereocenters. The van der Waals surface area contributed by atoms with Crippen molar-refractivity contribution in [1.82, 2.24) is 0 Å². The number of anilines is 1. The molecule has 0 aromatic heterocycles. The first kappa shape index (κ1) is 12.0. The van der Waals surface area contributed by atoms with Crippen molar-refractivity contribution in [1.29, 1.82) is 0 Å². The van der Waals surface area contributed by atoms with Crippen molar-refractivity contribution in [2.75, 3.05) is 17.5 Å². The van der Waals surface area contributed by atoms with Crippen LogP contribution >= 0.6 is 0 Å². The Hall–Kier alpha value is -1.07. The van der Waals surface area contributed by atoms with Gasteiger partial charge in [-0.1, -0.05) is 12.1 Å². The maximum absolute atomic E-state index is 11.1. The van der Waals surface area contributed by atoms with Crippen LogP contribution in [0.3, 0.4) is 0 Å². The van der Waals surface area contributed by atoms with E-state index in [1.807, 2.05) is 19.1 Å². The Morgan fingerprint density at radius 1 is 1.40 bits per heavy atom. The predicted octanol–water partition coefficient (Wildman–Crippen LogP) is 0.868. The molecular weight excluding hydrogens is 212 g/mol. The lowest BCUT2D eigenvalue weighted by atomic mass is 10.0. The predicted molar refractivity (Wildman–Crippen MR) is 62.4 cm³/mol. The zero-order valence-corrected chi connectivity index (χ0v) is 9.76. The van der Waals surface area contributed by atoms with E-state index < -0.39 is 10.0 Å². The zero-order chi connectivity index (χ0) is 11.5. The molecule has 15 heavy (non-hydrogen) atoms. The highest BCUT2D eigenvalue weighted by atomic mass is 32.2. The molecular formula is C10H16N2O2S. The average Bonchev–Trinajstić information content (AvgIpc) is 2.08. The maximum Gasteiger partial charge on any atom is 0.229 e. The molecule has 0 amide bonds. The van der Waals surface area contributed by atoms with Gasteiger partial charge < -0.3 is 5.73 Å². The second-order valence-electron chi connectivity index (χ2n) is 3.51. The first-order chi connectivity index (χ1) is 6.94. The number of hydrogen-bond donors (Lipinski definition) is 2. The Morgan fingerprint density at radius 2 is 2.07 bits per heavy atom. The summed E-state index contributed by atoms with van der Waals surface area (Å²) in [5, 5.41) is 0. The molecule has 0 fully saturated rings. The summed E-state index contributed by atoms with van der Waals surface area (Å²) in [6.07, 6.45) is 1.81. The summed E-state index contributed by atoms with van der Waals surface area (Å²) in [5.74, 6) is 0. The number of nitrogens with one attached hydrogen (secondary N) is 1. The van der Waals surface area contributed by atoms with Crippen LogP contribution < -0.4 is 10.5 Å². The van der Waals surface area contributed by atoms with Crippen molar-refractivity contribution in [3.63, 3.8) is 0 Å². The summed E-state index contributed by atoms with van der Waals surface area (Å²) < 4.78 is 24.7. The van der Waals surface area contributed by atoms with Crippen LogP contribution in [-0.4, -0.2) is 21.2 Å². The van der Waals surface area contributed by atoms with E-state index in [9.17, 15) is 8.42 Å². The third-order valence-electron chi connectivity index (χ3n) is 2.10. The molecule has 0 radical (unpaired) electrons. The summed E-state index contributed by atoms with van der Waals surface area (Å²) in [5.41, 5.74) is 8.13. The molecule has 0 bridgehead atoms.